The monoisotopic (exact) mass is 416 g/mol. The van der Waals surface area contributed by atoms with Crippen molar-refractivity contribution in [2.45, 2.75) is 52.1 Å². The molecule has 2 aliphatic rings. The van der Waals surface area contributed by atoms with Crippen LogP contribution in [-0.2, 0) is 11.3 Å². The molecular weight excluding hydrogens is 376 g/mol. The van der Waals surface area contributed by atoms with Crippen molar-refractivity contribution in [3.63, 3.8) is 0 Å². The van der Waals surface area contributed by atoms with Crippen LogP contribution in [0.15, 0.2) is 23.3 Å². The predicted octanol–water partition coefficient (Wildman–Crippen LogP) is 2.48. The van der Waals surface area contributed by atoms with Crippen LogP contribution in [0.2, 0.25) is 0 Å². The first-order valence-electron chi connectivity index (χ1n) is 11.6. The molecule has 2 saturated heterocycles. The third kappa shape index (κ3) is 6.84. The number of guanidine groups is 1. The summed E-state index contributed by atoms with van der Waals surface area (Å²) in [6, 6.07) is 4.78. The molecule has 0 saturated carbocycles. The molecule has 0 amide bonds. The minimum atomic E-state index is 0.475. The molecule has 0 bridgehead atoms. The molecule has 1 unspecified atom stereocenters. The first-order valence-corrected chi connectivity index (χ1v) is 11.6. The maximum absolute atomic E-state index is 5.52. The Bertz CT molecular complexity index is 651. The second kappa shape index (κ2) is 12.1. The summed E-state index contributed by atoms with van der Waals surface area (Å²) in [5.74, 6) is 2.53. The molecule has 0 spiro atoms. The summed E-state index contributed by atoms with van der Waals surface area (Å²) in [6.45, 7) is 12.1. The van der Waals surface area contributed by atoms with Gasteiger partial charge in [-0.2, -0.15) is 0 Å². The lowest BCUT2D eigenvalue weighted by molar-refractivity contribution is 0.00752. The third-order valence-corrected chi connectivity index (χ3v) is 6.19. The van der Waals surface area contributed by atoms with E-state index >= 15 is 0 Å². The molecule has 2 fully saturated rings. The van der Waals surface area contributed by atoms with Crippen LogP contribution in [0.5, 0.6) is 0 Å². The smallest absolute Gasteiger partial charge is 0.191 e. The summed E-state index contributed by atoms with van der Waals surface area (Å²) in [5.41, 5.74) is 1.24. The molecule has 7 nitrogen and oxygen atoms in total. The van der Waals surface area contributed by atoms with Gasteiger partial charge in [0.25, 0.3) is 0 Å². The van der Waals surface area contributed by atoms with Crippen molar-refractivity contribution in [2.75, 3.05) is 57.9 Å². The van der Waals surface area contributed by atoms with Gasteiger partial charge in [0.15, 0.2) is 5.96 Å². The van der Waals surface area contributed by atoms with Crippen molar-refractivity contribution in [3.8, 4) is 0 Å². The number of anilines is 1. The highest BCUT2D eigenvalue weighted by atomic mass is 16.5. The fourth-order valence-electron chi connectivity index (χ4n) is 4.35. The summed E-state index contributed by atoms with van der Waals surface area (Å²) >= 11 is 0. The largest absolute Gasteiger partial charge is 0.379 e. The minimum absolute atomic E-state index is 0.475. The molecule has 0 radical (unpaired) electrons. The Labute approximate surface area is 182 Å². The summed E-state index contributed by atoms with van der Waals surface area (Å²) in [4.78, 5) is 14.0. The number of nitrogens with one attached hydrogen (secondary N) is 2. The normalized spacial score (nSPS) is 20.1. The van der Waals surface area contributed by atoms with Crippen LogP contribution < -0.4 is 15.5 Å². The van der Waals surface area contributed by atoms with Crippen LogP contribution in [0.1, 0.15) is 45.1 Å². The molecule has 1 atom stereocenters. The number of morpholine rings is 1. The van der Waals surface area contributed by atoms with Crippen LogP contribution >= 0.6 is 0 Å². The van der Waals surface area contributed by atoms with Gasteiger partial charge >= 0.3 is 0 Å². The van der Waals surface area contributed by atoms with Gasteiger partial charge in [0.1, 0.15) is 5.82 Å². The van der Waals surface area contributed by atoms with Crippen LogP contribution in [0.4, 0.5) is 5.82 Å². The predicted molar refractivity (Wildman–Crippen MR) is 124 cm³/mol. The molecule has 0 aliphatic carbocycles. The number of aliphatic imine (C=N–C) groups is 1. The van der Waals surface area contributed by atoms with Gasteiger partial charge < -0.3 is 20.3 Å². The first kappa shape index (κ1) is 22.8. The van der Waals surface area contributed by atoms with Crippen LogP contribution in [0, 0.1) is 5.92 Å². The molecule has 3 rings (SSSR count). The molecule has 0 aromatic carbocycles. The number of hydrogen-bond donors (Lipinski definition) is 2. The van der Waals surface area contributed by atoms with Crippen LogP contribution in [0.25, 0.3) is 0 Å². The molecule has 3 heterocycles. The highest BCUT2D eigenvalue weighted by Gasteiger charge is 2.23. The second-order valence-corrected chi connectivity index (χ2v) is 8.69. The number of ether oxygens (including phenoxy) is 1. The van der Waals surface area contributed by atoms with Gasteiger partial charge in [-0.3, -0.25) is 9.89 Å². The fraction of sp³-hybridized carbons (Fsp3) is 0.739. The Morgan fingerprint density at radius 1 is 1.10 bits per heavy atom. The van der Waals surface area contributed by atoms with E-state index in [2.05, 4.69) is 56.4 Å². The van der Waals surface area contributed by atoms with E-state index in [0.717, 1.165) is 64.3 Å². The molecule has 1 aromatic heterocycles. The Balaban J connectivity index is 1.51. The van der Waals surface area contributed by atoms with Gasteiger partial charge in [-0.05, 0) is 36.5 Å². The molecule has 30 heavy (non-hydrogen) atoms. The van der Waals surface area contributed by atoms with E-state index in [4.69, 9.17) is 4.74 Å². The van der Waals surface area contributed by atoms with Gasteiger partial charge in [-0.15, -0.1) is 0 Å². The SMILES string of the molecule is CN=C(NCc1ccnc(N2CCCCCC2)c1)NCC(C(C)C)N1CCOCC1. The van der Waals surface area contributed by atoms with E-state index in [0.29, 0.717) is 12.0 Å². The Morgan fingerprint density at radius 3 is 2.50 bits per heavy atom. The lowest BCUT2D eigenvalue weighted by Gasteiger charge is -2.37. The zero-order valence-electron chi connectivity index (χ0n) is 19.1. The maximum Gasteiger partial charge on any atom is 0.191 e. The average molecular weight is 417 g/mol. The van der Waals surface area contributed by atoms with E-state index in [-0.39, 0.29) is 0 Å². The van der Waals surface area contributed by atoms with Crippen molar-refractivity contribution < 1.29 is 4.74 Å². The molecule has 2 aliphatic heterocycles. The lowest BCUT2D eigenvalue weighted by Crippen LogP contribution is -2.52. The van der Waals surface area contributed by atoms with Crippen LogP contribution in [-0.4, -0.2) is 74.9 Å². The summed E-state index contributed by atoms with van der Waals surface area (Å²) in [6.07, 6.45) is 7.13. The standard InChI is InChI=1S/C23H40N6O/c1-19(2)21(28-12-14-30-15-13-28)18-27-23(24-3)26-17-20-8-9-25-22(16-20)29-10-6-4-5-7-11-29/h8-9,16,19,21H,4-7,10-15,17-18H2,1-3H3,(H2,24,26,27). The molecular formula is C23H40N6O. The molecule has 168 valence electrons. The fourth-order valence-corrected chi connectivity index (χ4v) is 4.35. The van der Waals surface area contributed by atoms with Crippen LogP contribution in [0.3, 0.4) is 0 Å². The Kier molecular flexibility index (Phi) is 9.21. The number of pyridine rings is 1. The highest BCUT2D eigenvalue weighted by Crippen LogP contribution is 2.18. The lowest BCUT2D eigenvalue weighted by atomic mass is 10.0. The van der Waals surface area contributed by atoms with Crippen molar-refractivity contribution in [2.24, 2.45) is 10.9 Å². The Morgan fingerprint density at radius 2 is 1.83 bits per heavy atom. The van der Waals surface area contributed by atoms with Gasteiger partial charge in [-0.1, -0.05) is 26.7 Å². The van der Waals surface area contributed by atoms with E-state index in [9.17, 15) is 0 Å². The third-order valence-electron chi connectivity index (χ3n) is 6.19. The van der Waals surface area contributed by atoms with Crippen molar-refractivity contribution >= 4 is 11.8 Å². The number of rotatable bonds is 7. The topological polar surface area (TPSA) is 65.0 Å². The summed E-state index contributed by atoms with van der Waals surface area (Å²) < 4.78 is 5.52. The van der Waals surface area contributed by atoms with E-state index in [1.54, 1.807) is 0 Å². The first-order chi connectivity index (χ1) is 14.7. The highest BCUT2D eigenvalue weighted by molar-refractivity contribution is 5.79. The van der Waals surface area contributed by atoms with E-state index in [1.807, 2.05) is 13.2 Å². The zero-order valence-corrected chi connectivity index (χ0v) is 19.1. The van der Waals surface area contributed by atoms with Gasteiger partial charge in [0, 0.05) is 58.6 Å². The molecule has 1 aromatic rings. The minimum Gasteiger partial charge on any atom is -0.379 e. The van der Waals surface area contributed by atoms with Crippen molar-refractivity contribution in [3.05, 3.63) is 23.9 Å². The Hall–Kier alpha value is -1.86. The van der Waals surface area contributed by atoms with Gasteiger partial charge in [0.2, 0.25) is 0 Å². The zero-order chi connectivity index (χ0) is 21.2. The molecule has 2 N–H and O–H groups in total. The second-order valence-electron chi connectivity index (χ2n) is 8.69. The quantitative estimate of drug-likeness (QED) is 0.526. The molecule has 7 heteroatoms. The van der Waals surface area contributed by atoms with Gasteiger partial charge in [-0.25, -0.2) is 4.98 Å². The average Bonchev–Trinajstić information content (AvgIpc) is 3.06. The number of nitrogens with zero attached hydrogens (tertiary/aromatic N) is 4. The summed E-state index contributed by atoms with van der Waals surface area (Å²) in [5, 5.41) is 7.01. The summed E-state index contributed by atoms with van der Waals surface area (Å²) in [7, 11) is 1.84. The maximum atomic E-state index is 5.52. The van der Waals surface area contributed by atoms with E-state index < -0.39 is 0 Å². The van der Waals surface area contributed by atoms with Gasteiger partial charge in [0.05, 0.1) is 13.2 Å². The van der Waals surface area contributed by atoms with E-state index in [1.165, 1.54) is 31.2 Å². The number of hydrogen-bond acceptors (Lipinski definition) is 5. The van der Waals surface area contributed by atoms with Crippen molar-refractivity contribution in [1.82, 2.24) is 20.5 Å². The number of aromatic nitrogens is 1. The van der Waals surface area contributed by atoms with Crippen molar-refractivity contribution in [1.29, 1.82) is 0 Å².